The summed E-state index contributed by atoms with van der Waals surface area (Å²) < 4.78 is 0. The van der Waals surface area contributed by atoms with E-state index >= 15 is 0 Å². The summed E-state index contributed by atoms with van der Waals surface area (Å²) in [5, 5.41) is 0. The average molecular weight is 412 g/mol. The van der Waals surface area contributed by atoms with Gasteiger partial charge in [-0.05, 0) is 35.8 Å². The minimum Gasteiger partial charge on any atom is -0.299 e. The fourth-order valence-electron chi connectivity index (χ4n) is 5.55. The predicted octanol–water partition coefficient (Wildman–Crippen LogP) is 6.18. The maximum absolute atomic E-state index is 13.5. The van der Waals surface area contributed by atoms with Crippen LogP contribution in [0.4, 0.5) is 0 Å². The lowest BCUT2D eigenvalue weighted by Gasteiger charge is -2.40. The van der Waals surface area contributed by atoms with Crippen molar-refractivity contribution in [3.8, 4) is 0 Å². The van der Waals surface area contributed by atoms with E-state index in [0.29, 0.717) is 17.6 Å². The molecular formula is C28H29NO2. The van der Waals surface area contributed by atoms with Gasteiger partial charge in [0.2, 0.25) is 0 Å². The van der Waals surface area contributed by atoms with Crippen LogP contribution in [-0.2, 0) is 11.2 Å². The molecule has 0 spiro atoms. The number of ketones is 2. The van der Waals surface area contributed by atoms with Crippen LogP contribution in [0.25, 0.3) is 5.70 Å². The highest BCUT2D eigenvalue weighted by Crippen LogP contribution is 2.51. The third kappa shape index (κ3) is 3.31. The van der Waals surface area contributed by atoms with Gasteiger partial charge in [0, 0.05) is 34.8 Å². The third-order valence-electron chi connectivity index (χ3n) is 7.00. The molecule has 0 bridgehead atoms. The van der Waals surface area contributed by atoms with Crippen molar-refractivity contribution in [2.75, 3.05) is 0 Å². The Morgan fingerprint density at radius 1 is 0.935 bits per heavy atom. The largest absolute Gasteiger partial charge is 0.299 e. The number of rotatable bonds is 4. The molecule has 0 aromatic heterocycles. The van der Waals surface area contributed by atoms with Crippen LogP contribution in [0.3, 0.4) is 0 Å². The highest BCUT2D eigenvalue weighted by Gasteiger charge is 2.49. The molecule has 0 amide bonds. The summed E-state index contributed by atoms with van der Waals surface area (Å²) in [6.45, 7) is 6.47. The molecule has 2 atom stereocenters. The van der Waals surface area contributed by atoms with E-state index in [-0.39, 0.29) is 28.8 Å². The topological polar surface area (TPSA) is 46.5 Å². The molecule has 158 valence electrons. The molecule has 2 aliphatic carbocycles. The third-order valence-corrected chi connectivity index (χ3v) is 7.00. The summed E-state index contributed by atoms with van der Waals surface area (Å²) >= 11 is 0. The summed E-state index contributed by atoms with van der Waals surface area (Å²) in [6, 6.07) is 16.3. The predicted molar refractivity (Wildman–Crippen MR) is 124 cm³/mol. The van der Waals surface area contributed by atoms with Crippen molar-refractivity contribution >= 4 is 23.0 Å². The Morgan fingerprint density at radius 2 is 1.65 bits per heavy atom. The lowest BCUT2D eigenvalue weighted by Crippen LogP contribution is -2.43. The zero-order chi connectivity index (χ0) is 21.8. The van der Waals surface area contributed by atoms with Crippen LogP contribution in [0, 0.1) is 11.3 Å². The van der Waals surface area contributed by atoms with Crippen molar-refractivity contribution in [1.82, 2.24) is 0 Å². The Morgan fingerprint density at radius 3 is 2.35 bits per heavy atom. The number of benzene rings is 2. The maximum Gasteiger partial charge on any atom is 0.192 e. The minimum atomic E-state index is -0.327. The van der Waals surface area contributed by atoms with Gasteiger partial charge in [-0.1, -0.05) is 75.7 Å². The van der Waals surface area contributed by atoms with E-state index in [1.54, 1.807) is 0 Å². The highest BCUT2D eigenvalue weighted by atomic mass is 16.1. The second-order valence-electron chi connectivity index (χ2n) is 10.0. The molecule has 1 saturated carbocycles. The first-order chi connectivity index (χ1) is 14.9. The molecule has 5 rings (SSSR count). The molecule has 1 fully saturated rings. The van der Waals surface area contributed by atoms with E-state index in [2.05, 4.69) is 45.0 Å². The zero-order valence-electron chi connectivity index (χ0n) is 18.6. The molecule has 0 saturated heterocycles. The number of hydrogen-bond acceptors (Lipinski definition) is 3. The first-order valence-electron chi connectivity index (χ1n) is 11.5. The zero-order valence-corrected chi connectivity index (χ0v) is 18.6. The normalized spacial score (nSPS) is 23.9. The van der Waals surface area contributed by atoms with Crippen molar-refractivity contribution in [2.45, 2.75) is 58.8 Å². The van der Waals surface area contributed by atoms with Gasteiger partial charge in [0.1, 0.15) is 5.78 Å². The maximum atomic E-state index is 13.5. The van der Waals surface area contributed by atoms with Crippen LogP contribution in [0.5, 0.6) is 0 Å². The fraction of sp³-hybridized carbons (Fsp3) is 0.393. The lowest BCUT2D eigenvalue weighted by molar-refractivity contribution is -0.124. The van der Waals surface area contributed by atoms with Gasteiger partial charge in [0.15, 0.2) is 5.78 Å². The minimum absolute atomic E-state index is 0.0334. The number of unbranched alkanes of at least 4 members (excludes halogenated alkanes) is 1. The molecular weight excluding hydrogens is 382 g/mol. The number of carbonyl (C=O) groups is 2. The molecule has 1 aliphatic heterocycles. The number of Topliss-reactive ketones (excluding diaryl/α,β-unsaturated/α-hetero) is 2. The van der Waals surface area contributed by atoms with E-state index < -0.39 is 0 Å². The standard InChI is InChI=1S/C28H29NO2/c1-4-5-8-17-11-13-18(14-12-17)23-24-21(15-28(2,3)16-22(24)30)29-26-19-9-6-7-10-20(19)27(31)25(23)26/h6-7,9-14,23-24H,4-5,8,15-16H2,1-3H3/t23-,24+/m0/s1. The smallest absolute Gasteiger partial charge is 0.192 e. The molecule has 0 unspecified atom stereocenters. The summed E-state index contributed by atoms with van der Waals surface area (Å²) in [5.41, 5.74) is 6.34. The van der Waals surface area contributed by atoms with E-state index in [9.17, 15) is 9.59 Å². The second kappa shape index (κ2) is 7.40. The number of hydrogen-bond donors (Lipinski definition) is 0. The highest BCUT2D eigenvalue weighted by molar-refractivity contribution is 6.25. The molecule has 31 heavy (non-hydrogen) atoms. The van der Waals surface area contributed by atoms with Gasteiger partial charge >= 0.3 is 0 Å². The number of nitrogens with zero attached hydrogens (tertiary/aromatic N) is 1. The lowest BCUT2D eigenvalue weighted by atomic mass is 9.63. The number of aliphatic imine (C=N–C) groups is 1. The van der Waals surface area contributed by atoms with Crippen molar-refractivity contribution < 1.29 is 9.59 Å². The summed E-state index contributed by atoms with van der Waals surface area (Å²) in [7, 11) is 0. The fourth-order valence-corrected chi connectivity index (χ4v) is 5.55. The molecule has 0 radical (unpaired) electrons. The first kappa shape index (κ1) is 20.1. The summed E-state index contributed by atoms with van der Waals surface area (Å²) in [6.07, 6.45) is 4.72. The molecule has 1 heterocycles. The monoisotopic (exact) mass is 411 g/mol. The molecule has 3 nitrogen and oxygen atoms in total. The Bertz CT molecular complexity index is 1130. The molecule has 3 aliphatic rings. The van der Waals surface area contributed by atoms with Gasteiger partial charge in [-0.2, -0.15) is 0 Å². The van der Waals surface area contributed by atoms with Crippen LogP contribution < -0.4 is 0 Å². The number of carbonyl (C=O) groups excluding carboxylic acids is 2. The molecule has 2 aromatic carbocycles. The van der Waals surface area contributed by atoms with Crippen molar-refractivity contribution in [3.05, 3.63) is 76.4 Å². The van der Waals surface area contributed by atoms with E-state index in [0.717, 1.165) is 35.4 Å². The molecule has 2 aromatic rings. The van der Waals surface area contributed by atoms with Crippen LogP contribution in [0.2, 0.25) is 0 Å². The van der Waals surface area contributed by atoms with Gasteiger partial charge in [-0.3, -0.25) is 14.6 Å². The Kier molecular flexibility index (Phi) is 4.80. The van der Waals surface area contributed by atoms with Crippen molar-refractivity contribution in [2.24, 2.45) is 16.3 Å². The number of fused-ring (bicyclic) bond motifs is 3. The number of allylic oxidation sites excluding steroid dienone is 1. The van der Waals surface area contributed by atoms with E-state index in [4.69, 9.17) is 4.99 Å². The van der Waals surface area contributed by atoms with Gasteiger partial charge in [-0.15, -0.1) is 0 Å². The first-order valence-corrected chi connectivity index (χ1v) is 11.5. The van der Waals surface area contributed by atoms with Crippen LogP contribution in [0.1, 0.15) is 79.4 Å². The summed E-state index contributed by atoms with van der Waals surface area (Å²) in [4.78, 5) is 31.9. The Balaban J connectivity index is 1.65. The quantitative estimate of drug-likeness (QED) is 0.603. The average Bonchev–Trinajstić information content (AvgIpc) is 3.02. The van der Waals surface area contributed by atoms with Crippen molar-refractivity contribution in [1.29, 1.82) is 0 Å². The Labute approximate surface area is 184 Å². The van der Waals surface area contributed by atoms with Gasteiger partial charge in [0.25, 0.3) is 0 Å². The SMILES string of the molecule is CCCCc1ccc([C@@H]2C3=C(N=C4CC(C)(C)CC(=O)[C@@H]42)c2ccccc2C3=O)cc1. The van der Waals surface area contributed by atoms with Crippen LogP contribution >= 0.6 is 0 Å². The van der Waals surface area contributed by atoms with E-state index in [1.165, 1.54) is 18.4 Å². The molecule has 0 N–H and O–H groups in total. The Hall–Kier alpha value is -2.81. The number of aryl methyl sites for hydroxylation is 1. The van der Waals surface area contributed by atoms with Gasteiger partial charge in [-0.25, -0.2) is 0 Å². The second-order valence-corrected chi connectivity index (χ2v) is 10.0. The summed E-state index contributed by atoms with van der Waals surface area (Å²) in [5.74, 6) is -0.325. The molecule has 3 heteroatoms. The van der Waals surface area contributed by atoms with E-state index in [1.807, 2.05) is 24.3 Å². The van der Waals surface area contributed by atoms with Crippen LogP contribution in [-0.4, -0.2) is 17.3 Å². The van der Waals surface area contributed by atoms with Gasteiger partial charge in [0.05, 0.1) is 11.6 Å². The van der Waals surface area contributed by atoms with Gasteiger partial charge < -0.3 is 0 Å². The van der Waals surface area contributed by atoms with Crippen molar-refractivity contribution in [3.63, 3.8) is 0 Å². The van der Waals surface area contributed by atoms with Crippen LogP contribution in [0.15, 0.2) is 59.1 Å².